The molecule has 0 unspecified atom stereocenters. The minimum Gasteiger partial charge on any atom is -0.268 e. The maximum absolute atomic E-state index is 13.2. The molecule has 1 heterocycles. The van der Waals surface area contributed by atoms with Crippen molar-refractivity contribution < 1.29 is 4.79 Å². The largest absolute Gasteiger partial charge is 0.271 e. The highest BCUT2D eigenvalue weighted by atomic mass is 35.5. The molecule has 0 atom stereocenters. The van der Waals surface area contributed by atoms with Crippen LogP contribution in [0.2, 0.25) is 5.02 Å². The van der Waals surface area contributed by atoms with E-state index < -0.39 is 0 Å². The van der Waals surface area contributed by atoms with Gasteiger partial charge < -0.3 is 0 Å². The summed E-state index contributed by atoms with van der Waals surface area (Å²) in [4.78, 5) is 20.3. The molecule has 3 nitrogen and oxygen atoms in total. The van der Waals surface area contributed by atoms with E-state index >= 15 is 0 Å². The predicted octanol–water partition coefficient (Wildman–Crippen LogP) is 6.77. The number of halogens is 1. The monoisotopic (exact) mass is 418 g/mol. The van der Waals surface area contributed by atoms with Gasteiger partial charge in [-0.15, -0.1) is 0 Å². The van der Waals surface area contributed by atoms with Crippen LogP contribution in [-0.2, 0) is 4.79 Å². The number of amidine groups is 1. The number of anilines is 1. The molecule has 1 aliphatic rings. The predicted molar refractivity (Wildman–Crippen MR) is 124 cm³/mol. The fourth-order valence-electron chi connectivity index (χ4n) is 2.91. The zero-order chi connectivity index (χ0) is 20.4. The minimum absolute atomic E-state index is 0.0836. The molecule has 0 bridgehead atoms. The molecule has 0 radical (unpaired) electrons. The lowest BCUT2D eigenvalue weighted by Crippen LogP contribution is -2.28. The number of aliphatic imine (C=N–C) groups is 1. The summed E-state index contributed by atoms with van der Waals surface area (Å²) in [6, 6.07) is 23.3. The molecule has 0 aromatic heterocycles. The van der Waals surface area contributed by atoms with E-state index in [2.05, 4.69) is 0 Å². The molecule has 1 aliphatic heterocycles. The first-order valence-corrected chi connectivity index (χ1v) is 10.4. The smallest absolute Gasteiger partial charge is 0.268 e. The zero-order valence-corrected chi connectivity index (χ0v) is 17.7. The van der Waals surface area contributed by atoms with Gasteiger partial charge in [0, 0.05) is 5.02 Å². The average molecular weight is 419 g/mol. The van der Waals surface area contributed by atoms with Gasteiger partial charge >= 0.3 is 0 Å². The number of carbonyl (C=O) groups is 1. The lowest BCUT2D eigenvalue weighted by Gasteiger charge is -2.16. The maximum Gasteiger partial charge on any atom is 0.271 e. The molecule has 3 aromatic carbocycles. The van der Waals surface area contributed by atoms with Crippen LogP contribution in [0.15, 0.2) is 82.7 Å². The van der Waals surface area contributed by atoms with Gasteiger partial charge in [0.25, 0.3) is 5.91 Å². The van der Waals surface area contributed by atoms with Crippen LogP contribution in [-0.4, -0.2) is 11.1 Å². The molecule has 1 amide bonds. The average Bonchev–Trinajstić information content (AvgIpc) is 3.01. The Hall–Kier alpha value is -2.82. The van der Waals surface area contributed by atoms with Gasteiger partial charge in [0.2, 0.25) is 0 Å². The number of benzene rings is 3. The molecule has 0 saturated carbocycles. The Balaban J connectivity index is 1.76. The fraction of sp³-hybridized carbons (Fsp3) is 0.0833. The van der Waals surface area contributed by atoms with Crippen LogP contribution >= 0.6 is 23.4 Å². The molecule has 0 N–H and O–H groups in total. The third kappa shape index (κ3) is 4.44. The van der Waals surface area contributed by atoms with Gasteiger partial charge in [0.05, 0.1) is 16.3 Å². The van der Waals surface area contributed by atoms with E-state index in [0.717, 1.165) is 22.5 Å². The molecule has 0 aliphatic carbocycles. The van der Waals surface area contributed by atoms with Crippen molar-refractivity contribution in [2.24, 2.45) is 4.99 Å². The summed E-state index contributed by atoms with van der Waals surface area (Å²) >= 11 is 7.36. The van der Waals surface area contributed by atoms with Gasteiger partial charge in [-0.1, -0.05) is 59.1 Å². The molecule has 0 spiro atoms. The second kappa shape index (κ2) is 8.27. The number of carbonyl (C=O) groups excluding carboxylic acids is 1. The summed E-state index contributed by atoms with van der Waals surface area (Å²) in [7, 11) is 0. The van der Waals surface area contributed by atoms with Gasteiger partial charge in [-0.25, -0.2) is 4.99 Å². The van der Waals surface area contributed by atoms with E-state index in [0.29, 0.717) is 15.1 Å². The first-order valence-electron chi connectivity index (χ1n) is 9.21. The van der Waals surface area contributed by atoms with E-state index in [4.69, 9.17) is 16.6 Å². The summed E-state index contributed by atoms with van der Waals surface area (Å²) in [5.41, 5.74) is 4.85. The summed E-state index contributed by atoms with van der Waals surface area (Å²) in [6.45, 7) is 4.06. The van der Waals surface area contributed by atoms with Crippen LogP contribution in [0.4, 0.5) is 11.4 Å². The Bertz CT molecular complexity index is 1100. The highest BCUT2D eigenvalue weighted by Crippen LogP contribution is 2.37. The number of hydrogen-bond donors (Lipinski definition) is 0. The van der Waals surface area contributed by atoms with Crippen molar-refractivity contribution in [2.45, 2.75) is 13.8 Å². The van der Waals surface area contributed by atoms with Gasteiger partial charge in [-0.05, 0) is 73.6 Å². The summed E-state index contributed by atoms with van der Waals surface area (Å²) in [6.07, 6.45) is 1.88. The van der Waals surface area contributed by atoms with Crippen molar-refractivity contribution in [3.05, 3.63) is 99.4 Å². The Morgan fingerprint density at radius 3 is 2.07 bits per heavy atom. The molecule has 1 fully saturated rings. The van der Waals surface area contributed by atoms with Crippen LogP contribution in [0.5, 0.6) is 0 Å². The van der Waals surface area contributed by atoms with Gasteiger partial charge in [-0.2, -0.15) is 0 Å². The number of thioether (sulfide) groups is 1. The quantitative estimate of drug-likeness (QED) is 0.440. The topological polar surface area (TPSA) is 32.7 Å². The second-order valence-electron chi connectivity index (χ2n) is 6.87. The fourth-order valence-corrected chi connectivity index (χ4v) is 4.04. The third-order valence-corrected chi connectivity index (χ3v) is 5.75. The Kier molecular flexibility index (Phi) is 5.56. The number of nitrogens with zero attached hydrogens (tertiary/aromatic N) is 2. The van der Waals surface area contributed by atoms with E-state index in [1.54, 1.807) is 4.90 Å². The molecule has 144 valence electrons. The van der Waals surface area contributed by atoms with Crippen LogP contribution in [0.25, 0.3) is 6.08 Å². The SMILES string of the molecule is Cc1ccc(N=C2S/C(=C/c3ccc(Cl)cc3)C(=O)N2c2ccc(C)cc2)cc1. The summed E-state index contributed by atoms with van der Waals surface area (Å²) in [5, 5.41) is 1.31. The first kappa shape index (κ1) is 19.5. The van der Waals surface area contributed by atoms with E-state index in [1.165, 1.54) is 17.3 Å². The molecule has 5 heteroatoms. The molecule has 3 aromatic rings. The third-order valence-electron chi connectivity index (χ3n) is 4.53. The van der Waals surface area contributed by atoms with Gasteiger partial charge in [-0.3, -0.25) is 9.69 Å². The lowest BCUT2D eigenvalue weighted by molar-refractivity contribution is -0.113. The number of hydrogen-bond acceptors (Lipinski definition) is 3. The lowest BCUT2D eigenvalue weighted by atomic mass is 10.2. The highest BCUT2D eigenvalue weighted by Gasteiger charge is 2.34. The first-order chi connectivity index (χ1) is 14.0. The Morgan fingerprint density at radius 2 is 1.45 bits per heavy atom. The Morgan fingerprint density at radius 1 is 0.862 bits per heavy atom. The van der Waals surface area contributed by atoms with Crippen molar-refractivity contribution >= 4 is 51.9 Å². The van der Waals surface area contributed by atoms with Gasteiger partial charge in [0.1, 0.15) is 0 Å². The van der Waals surface area contributed by atoms with Crippen molar-refractivity contribution in [1.29, 1.82) is 0 Å². The maximum atomic E-state index is 13.2. The van der Waals surface area contributed by atoms with Crippen LogP contribution < -0.4 is 4.90 Å². The molecule has 4 rings (SSSR count). The van der Waals surface area contributed by atoms with Crippen molar-refractivity contribution in [3.63, 3.8) is 0 Å². The van der Waals surface area contributed by atoms with E-state index in [-0.39, 0.29) is 5.91 Å². The number of aryl methyl sites for hydroxylation is 2. The van der Waals surface area contributed by atoms with Crippen LogP contribution in [0.1, 0.15) is 16.7 Å². The minimum atomic E-state index is -0.0836. The standard InChI is InChI=1S/C24H19ClN2OS/c1-16-3-11-20(12-4-16)26-24-27(21-13-5-17(2)6-14-21)23(28)22(29-24)15-18-7-9-19(25)10-8-18/h3-15H,1-2H3/b22-15+,26-24?. The van der Waals surface area contributed by atoms with Crippen LogP contribution in [0.3, 0.4) is 0 Å². The summed E-state index contributed by atoms with van der Waals surface area (Å²) < 4.78 is 0. The normalized spacial score (nSPS) is 16.8. The number of rotatable bonds is 3. The molecular formula is C24H19ClN2OS. The molecule has 29 heavy (non-hydrogen) atoms. The van der Waals surface area contributed by atoms with Gasteiger partial charge in [0.15, 0.2) is 5.17 Å². The molecular weight excluding hydrogens is 400 g/mol. The molecule has 1 saturated heterocycles. The van der Waals surface area contributed by atoms with E-state index in [1.807, 2.05) is 92.7 Å². The van der Waals surface area contributed by atoms with Crippen molar-refractivity contribution in [1.82, 2.24) is 0 Å². The second-order valence-corrected chi connectivity index (χ2v) is 8.31. The van der Waals surface area contributed by atoms with Crippen molar-refractivity contribution in [2.75, 3.05) is 4.90 Å². The number of amides is 1. The van der Waals surface area contributed by atoms with Crippen molar-refractivity contribution in [3.8, 4) is 0 Å². The highest BCUT2D eigenvalue weighted by molar-refractivity contribution is 8.19. The van der Waals surface area contributed by atoms with E-state index in [9.17, 15) is 4.79 Å². The zero-order valence-electron chi connectivity index (χ0n) is 16.1. The summed E-state index contributed by atoms with van der Waals surface area (Å²) in [5.74, 6) is -0.0836. The van der Waals surface area contributed by atoms with Crippen LogP contribution in [0, 0.1) is 13.8 Å². The Labute approximate surface area is 179 Å².